The molecule has 0 atom stereocenters. The lowest BCUT2D eigenvalue weighted by molar-refractivity contribution is 1.27. The zero-order chi connectivity index (χ0) is 20.3. The van der Waals surface area contributed by atoms with Crippen LogP contribution in [0.2, 0.25) is 0 Å². The standard InChI is InChI=1S/C28H22N2/c1-21-11-16-25(17-12-21)30(24-8-3-2-4-9-24)26-18-13-23(14-19-26)28-20-15-22-7-5-6-10-27(22)29-28/h2-20H,1H3. The van der Waals surface area contributed by atoms with E-state index in [1.807, 2.05) is 18.2 Å². The summed E-state index contributed by atoms with van der Waals surface area (Å²) in [4.78, 5) is 7.11. The summed E-state index contributed by atoms with van der Waals surface area (Å²) in [6.45, 7) is 2.11. The van der Waals surface area contributed by atoms with Gasteiger partial charge < -0.3 is 4.90 Å². The number of para-hydroxylation sites is 2. The van der Waals surface area contributed by atoms with Crippen molar-refractivity contribution in [2.45, 2.75) is 6.92 Å². The molecule has 0 amide bonds. The number of aromatic nitrogens is 1. The molecule has 30 heavy (non-hydrogen) atoms. The molecule has 0 aliphatic heterocycles. The minimum absolute atomic E-state index is 0.988. The fraction of sp³-hybridized carbons (Fsp3) is 0.0357. The molecule has 2 heteroatoms. The summed E-state index contributed by atoms with van der Waals surface area (Å²) in [5.41, 5.74) is 7.77. The number of nitrogens with zero attached hydrogens (tertiary/aromatic N) is 2. The van der Waals surface area contributed by atoms with Crippen LogP contribution in [-0.4, -0.2) is 4.98 Å². The third kappa shape index (κ3) is 3.56. The van der Waals surface area contributed by atoms with Crippen LogP contribution in [0.15, 0.2) is 115 Å². The van der Waals surface area contributed by atoms with Crippen LogP contribution >= 0.6 is 0 Å². The number of anilines is 3. The molecule has 0 radical (unpaired) electrons. The highest BCUT2D eigenvalue weighted by Crippen LogP contribution is 2.35. The Hall–Kier alpha value is -3.91. The minimum Gasteiger partial charge on any atom is -0.311 e. The molecule has 0 spiro atoms. The zero-order valence-corrected chi connectivity index (χ0v) is 16.9. The van der Waals surface area contributed by atoms with E-state index in [0.29, 0.717) is 0 Å². The van der Waals surface area contributed by atoms with Crippen molar-refractivity contribution < 1.29 is 0 Å². The number of fused-ring (bicyclic) bond motifs is 1. The van der Waals surface area contributed by atoms with Crippen molar-refractivity contribution in [2.24, 2.45) is 0 Å². The van der Waals surface area contributed by atoms with Gasteiger partial charge in [-0.1, -0.05) is 72.3 Å². The van der Waals surface area contributed by atoms with E-state index >= 15 is 0 Å². The zero-order valence-electron chi connectivity index (χ0n) is 16.9. The Bertz CT molecular complexity index is 1270. The number of pyridine rings is 1. The maximum atomic E-state index is 4.83. The monoisotopic (exact) mass is 386 g/mol. The molecule has 5 rings (SSSR count). The van der Waals surface area contributed by atoms with Gasteiger partial charge in [0.2, 0.25) is 0 Å². The molecule has 0 saturated heterocycles. The van der Waals surface area contributed by atoms with Gasteiger partial charge in [-0.15, -0.1) is 0 Å². The van der Waals surface area contributed by atoms with Crippen LogP contribution in [0, 0.1) is 6.92 Å². The molecule has 4 aromatic carbocycles. The highest BCUT2D eigenvalue weighted by molar-refractivity contribution is 5.82. The third-order valence-corrected chi connectivity index (χ3v) is 5.33. The molecule has 0 aliphatic carbocycles. The smallest absolute Gasteiger partial charge is 0.0709 e. The second kappa shape index (κ2) is 7.84. The lowest BCUT2D eigenvalue weighted by Gasteiger charge is -2.25. The normalized spacial score (nSPS) is 10.8. The van der Waals surface area contributed by atoms with Crippen LogP contribution in [-0.2, 0) is 0 Å². The number of hydrogen-bond acceptors (Lipinski definition) is 2. The molecular formula is C28H22N2. The van der Waals surface area contributed by atoms with E-state index < -0.39 is 0 Å². The first kappa shape index (κ1) is 18.1. The quantitative estimate of drug-likeness (QED) is 0.315. The van der Waals surface area contributed by atoms with E-state index in [2.05, 4.69) is 109 Å². The average Bonchev–Trinajstić information content (AvgIpc) is 2.81. The van der Waals surface area contributed by atoms with Crippen LogP contribution in [0.1, 0.15) is 5.56 Å². The van der Waals surface area contributed by atoms with E-state index in [1.54, 1.807) is 0 Å². The predicted octanol–water partition coefficient (Wildman–Crippen LogP) is 7.68. The van der Waals surface area contributed by atoms with Gasteiger partial charge in [0.15, 0.2) is 0 Å². The molecule has 1 heterocycles. The van der Waals surface area contributed by atoms with E-state index in [9.17, 15) is 0 Å². The highest BCUT2D eigenvalue weighted by atomic mass is 15.1. The van der Waals surface area contributed by atoms with Crippen LogP contribution in [0.3, 0.4) is 0 Å². The Morgan fingerprint density at radius 3 is 1.87 bits per heavy atom. The van der Waals surface area contributed by atoms with Crippen molar-refractivity contribution in [2.75, 3.05) is 4.90 Å². The lowest BCUT2D eigenvalue weighted by atomic mass is 10.1. The third-order valence-electron chi connectivity index (χ3n) is 5.33. The van der Waals surface area contributed by atoms with Crippen molar-refractivity contribution >= 4 is 28.0 Å². The number of hydrogen-bond donors (Lipinski definition) is 0. The molecule has 0 unspecified atom stereocenters. The van der Waals surface area contributed by atoms with Crippen molar-refractivity contribution in [3.05, 3.63) is 121 Å². The number of benzene rings is 4. The number of aryl methyl sites for hydroxylation is 1. The Morgan fingerprint density at radius 1 is 0.533 bits per heavy atom. The number of rotatable bonds is 4. The van der Waals surface area contributed by atoms with Gasteiger partial charge >= 0.3 is 0 Å². The second-order valence-corrected chi connectivity index (χ2v) is 7.44. The summed E-state index contributed by atoms with van der Waals surface area (Å²) in [6.07, 6.45) is 0. The lowest BCUT2D eigenvalue weighted by Crippen LogP contribution is -2.09. The van der Waals surface area contributed by atoms with Gasteiger partial charge in [-0.3, -0.25) is 0 Å². The molecule has 1 aromatic heterocycles. The topological polar surface area (TPSA) is 16.1 Å². The Morgan fingerprint density at radius 2 is 1.13 bits per heavy atom. The largest absolute Gasteiger partial charge is 0.311 e. The van der Waals surface area contributed by atoms with E-state index in [-0.39, 0.29) is 0 Å². The van der Waals surface area contributed by atoms with E-state index in [4.69, 9.17) is 4.98 Å². The fourth-order valence-electron chi connectivity index (χ4n) is 3.73. The average molecular weight is 386 g/mol. The summed E-state index contributed by atoms with van der Waals surface area (Å²) in [5, 5.41) is 1.16. The van der Waals surface area contributed by atoms with Crippen molar-refractivity contribution in [3.8, 4) is 11.3 Å². The van der Waals surface area contributed by atoms with Crippen LogP contribution in [0.4, 0.5) is 17.1 Å². The van der Waals surface area contributed by atoms with Gasteiger partial charge in [-0.2, -0.15) is 0 Å². The van der Waals surface area contributed by atoms with E-state index in [0.717, 1.165) is 39.2 Å². The molecule has 0 N–H and O–H groups in total. The van der Waals surface area contributed by atoms with Crippen LogP contribution in [0.25, 0.3) is 22.2 Å². The van der Waals surface area contributed by atoms with Crippen molar-refractivity contribution in [1.82, 2.24) is 4.98 Å². The molecule has 2 nitrogen and oxygen atoms in total. The SMILES string of the molecule is Cc1ccc(N(c2ccccc2)c2ccc(-c3ccc4ccccc4n3)cc2)cc1. The van der Waals surface area contributed by atoms with Gasteiger partial charge in [0.05, 0.1) is 11.2 Å². The highest BCUT2D eigenvalue weighted by Gasteiger charge is 2.12. The molecule has 0 saturated carbocycles. The summed E-state index contributed by atoms with van der Waals surface area (Å²) in [6, 6.07) is 40.2. The Labute approximate surface area is 177 Å². The maximum Gasteiger partial charge on any atom is 0.0709 e. The summed E-state index contributed by atoms with van der Waals surface area (Å²) in [7, 11) is 0. The Balaban J connectivity index is 1.54. The maximum absolute atomic E-state index is 4.83. The molecule has 144 valence electrons. The molecule has 0 aliphatic rings. The predicted molar refractivity (Wildman–Crippen MR) is 127 cm³/mol. The van der Waals surface area contributed by atoms with Gasteiger partial charge in [-0.05, 0) is 55.5 Å². The molecule has 0 bridgehead atoms. The minimum atomic E-state index is 0.988. The molecular weight excluding hydrogens is 364 g/mol. The van der Waals surface area contributed by atoms with Gasteiger partial charge in [0.1, 0.15) is 0 Å². The van der Waals surface area contributed by atoms with Gasteiger partial charge in [-0.25, -0.2) is 4.98 Å². The van der Waals surface area contributed by atoms with E-state index in [1.165, 1.54) is 5.56 Å². The molecule has 0 fully saturated rings. The van der Waals surface area contributed by atoms with Crippen molar-refractivity contribution in [3.63, 3.8) is 0 Å². The van der Waals surface area contributed by atoms with Crippen LogP contribution in [0.5, 0.6) is 0 Å². The van der Waals surface area contributed by atoms with Gasteiger partial charge in [0, 0.05) is 28.0 Å². The second-order valence-electron chi connectivity index (χ2n) is 7.44. The summed E-state index contributed by atoms with van der Waals surface area (Å²) >= 11 is 0. The van der Waals surface area contributed by atoms with Crippen molar-refractivity contribution in [1.29, 1.82) is 0 Å². The summed E-state index contributed by atoms with van der Waals surface area (Å²) < 4.78 is 0. The van der Waals surface area contributed by atoms with Crippen LogP contribution < -0.4 is 4.90 Å². The first-order valence-electron chi connectivity index (χ1n) is 10.2. The first-order chi connectivity index (χ1) is 14.8. The molecule has 5 aromatic rings. The fourth-order valence-corrected chi connectivity index (χ4v) is 3.73. The summed E-state index contributed by atoms with van der Waals surface area (Å²) in [5.74, 6) is 0. The first-order valence-corrected chi connectivity index (χ1v) is 10.2. The van der Waals surface area contributed by atoms with Gasteiger partial charge in [0.25, 0.3) is 0 Å². The Kier molecular flexibility index (Phi) is 4.74.